The molecule has 0 aliphatic carbocycles. The van der Waals surface area contributed by atoms with Gasteiger partial charge in [-0.15, -0.1) is 0 Å². The highest BCUT2D eigenvalue weighted by atomic mass is 35.5. The van der Waals surface area contributed by atoms with Gasteiger partial charge in [0.1, 0.15) is 22.7 Å². The molecule has 2 N–H and O–H groups in total. The minimum absolute atomic E-state index is 0. The molecule has 0 aliphatic heterocycles. The molecule has 5 aromatic rings. The number of hydrogen-bond acceptors (Lipinski definition) is 4. The molecule has 3 heterocycles. The van der Waals surface area contributed by atoms with Gasteiger partial charge in [-0.2, -0.15) is 4.98 Å². The minimum atomic E-state index is 0. The number of nitrogens with two attached hydrogens (primary N) is 1. The van der Waals surface area contributed by atoms with Crippen LogP contribution < -0.4 is 17.7 Å². The molecule has 0 amide bonds. The van der Waals surface area contributed by atoms with Crippen LogP contribution in [0.25, 0.3) is 22.1 Å². The summed E-state index contributed by atoms with van der Waals surface area (Å²) in [6.45, 7) is 2.81. The zero-order valence-corrected chi connectivity index (χ0v) is 18.0. The second-order valence-corrected chi connectivity index (χ2v) is 7.62. The maximum atomic E-state index is 6.09. The van der Waals surface area contributed by atoms with Crippen molar-refractivity contribution in [1.82, 2.24) is 9.97 Å². The Morgan fingerprint density at radius 3 is 2.55 bits per heavy atom. The van der Waals surface area contributed by atoms with Crippen molar-refractivity contribution < 1.29 is 26.6 Å². The van der Waals surface area contributed by atoms with E-state index in [0.29, 0.717) is 5.92 Å². The summed E-state index contributed by atoms with van der Waals surface area (Å²) in [6.07, 6.45) is 3.67. The van der Waals surface area contributed by atoms with E-state index in [2.05, 4.69) is 51.7 Å². The fourth-order valence-corrected chi connectivity index (χ4v) is 4.06. The van der Waals surface area contributed by atoms with Crippen molar-refractivity contribution in [3.05, 3.63) is 90.1 Å². The molecule has 158 valence electrons. The summed E-state index contributed by atoms with van der Waals surface area (Å²) in [5, 5.41) is 3.20. The number of para-hydroxylation sites is 1. The summed E-state index contributed by atoms with van der Waals surface area (Å²) in [6, 6.07) is 22.6. The Labute approximate surface area is 186 Å². The van der Waals surface area contributed by atoms with Gasteiger partial charge in [0.05, 0.1) is 12.8 Å². The zero-order valence-electron chi connectivity index (χ0n) is 17.3. The monoisotopic (exact) mass is 433 g/mol. The van der Waals surface area contributed by atoms with E-state index < -0.39 is 0 Å². The number of halogens is 1. The molecule has 0 bridgehead atoms. The van der Waals surface area contributed by atoms with Gasteiger partial charge in [-0.1, -0.05) is 42.5 Å². The standard InChI is InChI=1S/C25H23N3O2.ClH/c1-17-27-23-20-10-5-6-11-22(20)30-24(23)25(28-17)26-14-13-19(21-12-7-15-29-21)16-18-8-3-2-4-9-18;/h2-12,15,19H,13-14,16H2,1H3,(H,26,27,28);1H. The number of rotatable bonds is 7. The van der Waals surface area contributed by atoms with Crippen LogP contribution >= 0.6 is 0 Å². The van der Waals surface area contributed by atoms with Gasteiger partial charge in [0.25, 0.3) is 5.82 Å². The van der Waals surface area contributed by atoms with Gasteiger partial charge in [0, 0.05) is 17.7 Å². The molecule has 5 rings (SSSR count). The summed E-state index contributed by atoms with van der Waals surface area (Å²) < 4.78 is 11.8. The first kappa shape index (κ1) is 21.1. The van der Waals surface area contributed by atoms with Crippen LogP contribution in [0.2, 0.25) is 0 Å². The normalized spacial score (nSPS) is 12.2. The first-order chi connectivity index (χ1) is 14.8. The van der Waals surface area contributed by atoms with Crippen molar-refractivity contribution in [3.8, 4) is 0 Å². The van der Waals surface area contributed by atoms with Crippen molar-refractivity contribution in [2.24, 2.45) is 0 Å². The second-order valence-electron chi connectivity index (χ2n) is 7.62. The van der Waals surface area contributed by atoms with Crippen LogP contribution in [0.15, 0.2) is 81.8 Å². The topological polar surface area (TPSA) is 68.7 Å². The van der Waals surface area contributed by atoms with Gasteiger partial charge >= 0.3 is 0 Å². The van der Waals surface area contributed by atoms with Crippen molar-refractivity contribution in [3.63, 3.8) is 0 Å². The van der Waals surface area contributed by atoms with Crippen molar-refractivity contribution >= 4 is 27.9 Å². The zero-order chi connectivity index (χ0) is 20.3. The second kappa shape index (κ2) is 9.33. The third kappa shape index (κ3) is 4.48. The molecular formula is C25H24ClN3O2. The van der Waals surface area contributed by atoms with Gasteiger partial charge < -0.3 is 21.2 Å². The number of hydrogen-bond donors (Lipinski definition) is 1. The molecule has 1 atom stereocenters. The van der Waals surface area contributed by atoms with Crippen LogP contribution in [-0.4, -0.2) is 16.5 Å². The van der Waals surface area contributed by atoms with Crippen LogP contribution in [0.3, 0.4) is 0 Å². The Morgan fingerprint density at radius 1 is 0.935 bits per heavy atom. The third-order valence-electron chi connectivity index (χ3n) is 5.48. The maximum Gasteiger partial charge on any atom is 0.272 e. The number of benzene rings is 2. The van der Waals surface area contributed by atoms with Gasteiger partial charge in [0.15, 0.2) is 0 Å². The smallest absolute Gasteiger partial charge is 0.272 e. The average molecular weight is 434 g/mol. The Hall–Kier alpha value is -3.15. The SMILES string of the molecule is Cc1nc([NH2+]CCC(Cc2ccccc2)c2ccco2)c2oc3ccccc3c2n1.[Cl-]. The van der Waals surface area contributed by atoms with E-state index in [0.717, 1.165) is 58.9 Å². The lowest BCUT2D eigenvalue weighted by molar-refractivity contribution is -0.574. The fourth-order valence-electron chi connectivity index (χ4n) is 4.06. The Bertz CT molecular complexity index is 1270. The molecule has 5 nitrogen and oxygen atoms in total. The number of fused-ring (bicyclic) bond motifs is 3. The third-order valence-corrected chi connectivity index (χ3v) is 5.48. The van der Waals surface area contributed by atoms with E-state index in [-0.39, 0.29) is 12.4 Å². The van der Waals surface area contributed by atoms with Crippen molar-refractivity contribution in [2.45, 2.75) is 25.7 Å². The van der Waals surface area contributed by atoms with Crippen LogP contribution in [0.1, 0.15) is 29.5 Å². The molecule has 2 aromatic carbocycles. The van der Waals surface area contributed by atoms with Crippen LogP contribution in [0.4, 0.5) is 5.82 Å². The summed E-state index contributed by atoms with van der Waals surface area (Å²) in [4.78, 5) is 9.28. The Kier molecular flexibility index (Phi) is 6.35. The number of aromatic nitrogens is 2. The highest BCUT2D eigenvalue weighted by molar-refractivity contribution is 6.04. The van der Waals surface area contributed by atoms with E-state index in [4.69, 9.17) is 8.83 Å². The number of furan rings is 2. The molecule has 0 spiro atoms. The highest BCUT2D eigenvalue weighted by Crippen LogP contribution is 2.29. The molecular weight excluding hydrogens is 410 g/mol. The van der Waals surface area contributed by atoms with Gasteiger partial charge in [0.2, 0.25) is 5.58 Å². The molecule has 6 heteroatoms. The van der Waals surface area contributed by atoms with Gasteiger partial charge in [-0.25, -0.2) is 4.98 Å². The van der Waals surface area contributed by atoms with E-state index in [1.165, 1.54) is 5.56 Å². The maximum absolute atomic E-state index is 6.09. The predicted molar refractivity (Wildman–Crippen MR) is 117 cm³/mol. The number of nitrogens with zero attached hydrogens (tertiary/aromatic N) is 2. The van der Waals surface area contributed by atoms with E-state index in [9.17, 15) is 0 Å². The molecule has 1 unspecified atom stereocenters. The molecule has 0 radical (unpaired) electrons. The molecule has 3 aromatic heterocycles. The minimum Gasteiger partial charge on any atom is -1.00 e. The lowest BCUT2D eigenvalue weighted by atomic mass is 9.94. The van der Waals surface area contributed by atoms with E-state index in [1.807, 2.05) is 37.3 Å². The Morgan fingerprint density at radius 2 is 1.74 bits per heavy atom. The van der Waals surface area contributed by atoms with Gasteiger partial charge in [-0.3, -0.25) is 5.32 Å². The fraction of sp³-hybridized carbons (Fsp3) is 0.200. The molecule has 0 aliphatic rings. The summed E-state index contributed by atoms with van der Waals surface area (Å²) in [5.41, 5.74) is 3.81. The summed E-state index contributed by atoms with van der Waals surface area (Å²) in [5.74, 6) is 2.96. The molecule has 31 heavy (non-hydrogen) atoms. The largest absolute Gasteiger partial charge is 1.00 e. The molecule has 0 fully saturated rings. The predicted octanol–water partition coefficient (Wildman–Crippen LogP) is 1.89. The highest BCUT2D eigenvalue weighted by Gasteiger charge is 2.20. The van der Waals surface area contributed by atoms with Crippen LogP contribution in [0, 0.1) is 6.92 Å². The number of quaternary nitrogens is 1. The van der Waals surface area contributed by atoms with E-state index in [1.54, 1.807) is 6.26 Å². The van der Waals surface area contributed by atoms with Gasteiger partial charge in [-0.05, 0) is 43.2 Å². The van der Waals surface area contributed by atoms with E-state index >= 15 is 0 Å². The van der Waals surface area contributed by atoms with Crippen LogP contribution in [0.5, 0.6) is 0 Å². The van der Waals surface area contributed by atoms with Crippen molar-refractivity contribution in [1.29, 1.82) is 0 Å². The first-order valence-electron chi connectivity index (χ1n) is 10.3. The van der Waals surface area contributed by atoms with Crippen molar-refractivity contribution in [2.75, 3.05) is 6.54 Å². The lowest BCUT2D eigenvalue weighted by Gasteiger charge is -2.14. The first-order valence-corrected chi connectivity index (χ1v) is 10.3. The Balaban J connectivity index is 0.00000231. The molecule has 0 saturated heterocycles. The molecule has 0 saturated carbocycles. The average Bonchev–Trinajstić information content (AvgIpc) is 3.42. The summed E-state index contributed by atoms with van der Waals surface area (Å²) in [7, 11) is 0. The summed E-state index contributed by atoms with van der Waals surface area (Å²) >= 11 is 0. The van der Waals surface area contributed by atoms with Crippen LogP contribution in [-0.2, 0) is 6.42 Å². The lowest BCUT2D eigenvalue weighted by Crippen LogP contribution is -3.00. The number of aryl methyl sites for hydroxylation is 1. The quantitative estimate of drug-likeness (QED) is 0.425.